The number of nitrogens with zero attached hydrogens (tertiary/aromatic N) is 4. The fraction of sp³-hybridized carbons (Fsp3) is 0.211. The summed E-state index contributed by atoms with van der Waals surface area (Å²) >= 11 is 0. The van der Waals surface area contributed by atoms with E-state index in [1.54, 1.807) is 0 Å². The Morgan fingerprint density at radius 1 is 0.962 bits per heavy atom. The van der Waals surface area contributed by atoms with E-state index in [2.05, 4.69) is 20.4 Å². The van der Waals surface area contributed by atoms with Crippen LogP contribution in [0.15, 0.2) is 60.8 Å². The van der Waals surface area contributed by atoms with Gasteiger partial charge in [-0.15, -0.1) is 5.10 Å². The number of benzene rings is 2. The smallest absolute Gasteiger partial charge is 0.277 e. The summed E-state index contributed by atoms with van der Waals surface area (Å²) in [6, 6.07) is 17.3. The lowest BCUT2D eigenvalue weighted by molar-refractivity contribution is 0.102. The van der Waals surface area contributed by atoms with E-state index in [4.69, 9.17) is 4.74 Å². The lowest BCUT2D eigenvalue weighted by atomic mass is 10.2. The molecule has 1 aliphatic heterocycles. The summed E-state index contributed by atoms with van der Waals surface area (Å²) in [7, 11) is 0. The molecule has 1 fully saturated rings. The molecule has 1 saturated heterocycles. The summed E-state index contributed by atoms with van der Waals surface area (Å²) in [5.74, 6) is -0.286. The molecule has 1 aliphatic rings. The maximum Gasteiger partial charge on any atom is 0.277 e. The summed E-state index contributed by atoms with van der Waals surface area (Å²) in [4.78, 5) is 16.1. The van der Waals surface area contributed by atoms with Gasteiger partial charge in [0.2, 0.25) is 0 Å². The first kappa shape index (κ1) is 16.3. The predicted molar refractivity (Wildman–Crippen MR) is 98.8 cm³/mol. The van der Waals surface area contributed by atoms with Crippen LogP contribution >= 0.6 is 0 Å². The highest BCUT2D eigenvalue weighted by molar-refractivity contribution is 6.02. The highest BCUT2D eigenvalue weighted by Crippen LogP contribution is 2.19. The number of hydrogen-bond acceptors (Lipinski definition) is 5. The van der Waals surface area contributed by atoms with Crippen molar-refractivity contribution in [1.82, 2.24) is 15.0 Å². The van der Waals surface area contributed by atoms with E-state index in [1.807, 2.05) is 54.6 Å². The van der Waals surface area contributed by atoms with Crippen molar-refractivity contribution in [2.24, 2.45) is 0 Å². The molecule has 1 amide bonds. The van der Waals surface area contributed by atoms with Crippen molar-refractivity contribution in [3.63, 3.8) is 0 Å². The zero-order chi connectivity index (χ0) is 17.8. The minimum absolute atomic E-state index is 0.270. The molecule has 26 heavy (non-hydrogen) atoms. The molecule has 0 radical (unpaired) electrons. The fourth-order valence-corrected chi connectivity index (χ4v) is 2.83. The normalized spacial score (nSPS) is 14.2. The average Bonchev–Trinajstić information content (AvgIpc) is 3.20. The number of para-hydroxylation sites is 1. The topological polar surface area (TPSA) is 72.3 Å². The van der Waals surface area contributed by atoms with Gasteiger partial charge in [-0.2, -0.15) is 9.90 Å². The van der Waals surface area contributed by atoms with Crippen LogP contribution in [0.4, 0.5) is 11.4 Å². The van der Waals surface area contributed by atoms with E-state index in [-0.39, 0.29) is 11.6 Å². The van der Waals surface area contributed by atoms with E-state index in [0.717, 1.165) is 43.4 Å². The summed E-state index contributed by atoms with van der Waals surface area (Å²) in [6.07, 6.45) is 1.46. The van der Waals surface area contributed by atoms with Crippen LogP contribution in [0.25, 0.3) is 5.69 Å². The van der Waals surface area contributed by atoms with Gasteiger partial charge in [0.15, 0.2) is 5.69 Å². The minimum atomic E-state index is -0.286. The molecule has 2 heterocycles. The Morgan fingerprint density at radius 3 is 2.42 bits per heavy atom. The maximum atomic E-state index is 12.4. The molecule has 132 valence electrons. The van der Waals surface area contributed by atoms with Crippen LogP contribution in [-0.4, -0.2) is 47.2 Å². The van der Waals surface area contributed by atoms with E-state index in [0.29, 0.717) is 0 Å². The molecule has 3 aromatic rings. The summed E-state index contributed by atoms with van der Waals surface area (Å²) in [6.45, 7) is 3.26. The van der Waals surface area contributed by atoms with Crippen LogP contribution in [0.1, 0.15) is 10.5 Å². The van der Waals surface area contributed by atoms with Crippen molar-refractivity contribution >= 4 is 17.3 Å². The number of aromatic nitrogens is 3. The second-order valence-electron chi connectivity index (χ2n) is 5.96. The third-order valence-corrected chi connectivity index (χ3v) is 4.21. The highest BCUT2D eigenvalue weighted by Gasteiger charge is 2.13. The van der Waals surface area contributed by atoms with Gasteiger partial charge in [-0.1, -0.05) is 18.2 Å². The number of ether oxygens (including phenoxy) is 1. The monoisotopic (exact) mass is 349 g/mol. The summed E-state index contributed by atoms with van der Waals surface area (Å²) < 4.78 is 5.37. The summed E-state index contributed by atoms with van der Waals surface area (Å²) in [5, 5.41) is 11.2. The Balaban J connectivity index is 1.42. The van der Waals surface area contributed by atoms with Crippen LogP contribution < -0.4 is 10.2 Å². The lowest BCUT2D eigenvalue weighted by Gasteiger charge is -2.28. The van der Waals surface area contributed by atoms with Gasteiger partial charge >= 0.3 is 0 Å². The molecule has 0 unspecified atom stereocenters. The second-order valence-corrected chi connectivity index (χ2v) is 5.96. The Hall–Kier alpha value is -3.19. The SMILES string of the molecule is O=C(Nc1ccc(N2CCOCC2)cc1)c1cnn(-c2ccccc2)n1. The molecule has 0 bridgehead atoms. The molecule has 0 atom stereocenters. The van der Waals surface area contributed by atoms with Gasteiger partial charge < -0.3 is 15.0 Å². The molecular weight excluding hydrogens is 330 g/mol. The number of carbonyl (C=O) groups excluding carboxylic acids is 1. The third-order valence-electron chi connectivity index (χ3n) is 4.21. The van der Waals surface area contributed by atoms with Crippen molar-refractivity contribution in [1.29, 1.82) is 0 Å². The molecule has 2 aromatic carbocycles. The van der Waals surface area contributed by atoms with Crippen molar-refractivity contribution in [3.05, 3.63) is 66.5 Å². The molecule has 0 saturated carbocycles. The predicted octanol–water partition coefficient (Wildman–Crippen LogP) is 2.36. The molecule has 0 aliphatic carbocycles. The van der Waals surface area contributed by atoms with Gasteiger partial charge in [0.05, 0.1) is 25.1 Å². The van der Waals surface area contributed by atoms with Gasteiger partial charge in [0.1, 0.15) is 0 Å². The van der Waals surface area contributed by atoms with Crippen LogP contribution in [0.5, 0.6) is 0 Å². The Morgan fingerprint density at radius 2 is 1.69 bits per heavy atom. The van der Waals surface area contributed by atoms with E-state index in [9.17, 15) is 4.79 Å². The Labute approximate surface area is 151 Å². The van der Waals surface area contributed by atoms with Gasteiger partial charge in [-0.05, 0) is 36.4 Å². The van der Waals surface area contributed by atoms with E-state index in [1.165, 1.54) is 11.0 Å². The molecule has 7 heteroatoms. The van der Waals surface area contributed by atoms with E-state index < -0.39 is 0 Å². The number of carbonyl (C=O) groups is 1. The number of amides is 1. The first-order valence-corrected chi connectivity index (χ1v) is 8.51. The standard InChI is InChI=1S/C19H19N5O2/c25-19(18-14-20-24(22-18)17-4-2-1-3-5-17)21-15-6-8-16(9-7-15)23-10-12-26-13-11-23/h1-9,14H,10-13H2,(H,21,25). The molecule has 4 rings (SSSR count). The largest absolute Gasteiger partial charge is 0.378 e. The number of hydrogen-bond donors (Lipinski definition) is 1. The van der Waals surface area contributed by atoms with Crippen molar-refractivity contribution in [3.8, 4) is 5.69 Å². The highest BCUT2D eigenvalue weighted by atomic mass is 16.5. The fourth-order valence-electron chi connectivity index (χ4n) is 2.83. The van der Waals surface area contributed by atoms with Crippen molar-refractivity contribution in [2.45, 2.75) is 0 Å². The molecule has 0 spiro atoms. The van der Waals surface area contributed by atoms with Gasteiger partial charge in [0.25, 0.3) is 5.91 Å². The molecular formula is C19H19N5O2. The third kappa shape index (κ3) is 3.57. The van der Waals surface area contributed by atoms with Crippen LogP contribution in [0.2, 0.25) is 0 Å². The van der Waals surface area contributed by atoms with Crippen LogP contribution in [0.3, 0.4) is 0 Å². The van der Waals surface area contributed by atoms with Crippen molar-refractivity contribution < 1.29 is 9.53 Å². The molecule has 7 nitrogen and oxygen atoms in total. The number of rotatable bonds is 4. The van der Waals surface area contributed by atoms with Crippen LogP contribution in [0, 0.1) is 0 Å². The lowest BCUT2D eigenvalue weighted by Crippen LogP contribution is -2.36. The summed E-state index contributed by atoms with van der Waals surface area (Å²) in [5.41, 5.74) is 2.93. The van der Waals surface area contributed by atoms with Gasteiger partial charge in [-0.25, -0.2) is 0 Å². The van der Waals surface area contributed by atoms with Gasteiger partial charge in [0, 0.05) is 24.5 Å². The quantitative estimate of drug-likeness (QED) is 0.783. The second kappa shape index (κ2) is 7.37. The Kier molecular flexibility index (Phi) is 4.61. The number of anilines is 2. The number of morpholine rings is 1. The zero-order valence-corrected chi connectivity index (χ0v) is 14.2. The van der Waals surface area contributed by atoms with Crippen LogP contribution in [-0.2, 0) is 4.74 Å². The Bertz CT molecular complexity index is 870. The average molecular weight is 349 g/mol. The van der Waals surface area contributed by atoms with Gasteiger partial charge in [-0.3, -0.25) is 4.79 Å². The minimum Gasteiger partial charge on any atom is -0.378 e. The molecule has 1 aromatic heterocycles. The first-order valence-electron chi connectivity index (χ1n) is 8.51. The van der Waals surface area contributed by atoms with Crippen molar-refractivity contribution in [2.75, 3.05) is 36.5 Å². The molecule has 1 N–H and O–H groups in total. The van der Waals surface area contributed by atoms with E-state index >= 15 is 0 Å². The zero-order valence-electron chi connectivity index (χ0n) is 14.2. The number of nitrogens with one attached hydrogen (secondary N) is 1. The maximum absolute atomic E-state index is 12.4. The first-order chi connectivity index (χ1) is 12.8.